The van der Waals surface area contributed by atoms with Crippen LogP contribution < -0.4 is 10.1 Å². The van der Waals surface area contributed by atoms with Gasteiger partial charge in [0.05, 0.1) is 49.9 Å². The molecule has 3 aliphatic rings. The van der Waals surface area contributed by atoms with E-state index < -0.39 is 17.6 Å². The molecule has 42 heavy (non-hydrogen) atoms. The molecule has 1 N–H and O–H groups in total. The number of benzene rings is 2. The van der Waals surface area contributed by atoms with Crippen LogP contribution in [0.2, 0.25) is 5.02 Å². The Morgan fingerprint density at radius 2 is 1.86 bits per heavy atom. The number of rotatable bonds is 6. The van der Waals surface area contributed by atoms with Gasteiger partial charge in [-0.25, -0.2) is 4.39 Å². The number of carbonyl (C=O) groups is 1. The number of hydrogen-bond donors (Lipinski definition) is 1. The molecule has 1 amide bonds. The van der Waals surface area contributed by atoms with Crippen molar-refractivity contribution in [3.63, 3.8) is 0 Å². The molecular weight excluding hydrogens is 670 g/mol. The Kier molecular flexibility index (Phi) is 8.88. The highest BCUT2D eigenvalue weighted by atomic mass is 127. The number of fused-ring (bicyclic) bond motifs is 1. The quantitative estimate of drug-likeness (QED) is 0.379. The van der Waals surface area contributed by atoms with Crippen LogP contribution in [0, 0.1) is 32.0 Å². The van der Waals surface area contributed by atoms with Gasteiger partial charge in [0.2, 0.25) is 0 Å². The van der Waals surface area contributed by atoms with Crippen LogP contribution in [0.1, 0.15) is 59.7 Å². The minimum Gasteiger partial charge on any atom is -0.492 e. The Labute approximate surface area is 263 Å². The molecule has 216 valence electrons. The highest BCUT2D eigenvalue weighted by Gasteiger charge is 2.36. The molecule has 8 nitrogen and oxygen atoms in total. The summed E-state index contributed by atoms with van der Waals surface area (Å²) in [6.45, 7) is 7.30. The molecule has 0 aliphatic carbocycles. The molecule has 0 bridgehead atoms. The predicted molar refractivity (Wildman–Crippen MR) is 167 cm³/mol. The van der Waals surface area contributed by atoms with Gasteiger partial charge in [-0.3, -0.25) is 14.7 Å². The van der Waals surface area contributed by atoms with Crippen molar-refractivity contribution in [3.8, 4) is 17.9 Å². The van der Waals surface area contributed by atoms with Crippen LogP contribution in [0.15, 0.2) is 51.8 Å². The lowest BCUT2D eigenvalue weighted by molar-refractivity contribution is 0.0977. The highest BCUT2D eigenvalue weighted by Crippen LogP contribution is 2.43. The first-order valence-corrected chi connectivity index (χ1v) is 15.1. The van der Waals surface area contributed by atoms with Crippen LogP contribution in [-0.2, 0) is 6.54 Å². The summed E-state index contributed by atoms with van der Waals surface area (Å²) >= 11 is 8.40. The average Bonchev–Trinajstić information content (AvgIpc) is 3.64. The first-order valence-electron chi connectivity index (χ1n) is 13.6. The van der Waals surface area contributed by atoms with E-state index in [1.807, 2.05) is 22.6 Å². The van der Waals surface area contributed by atoms with Gasteiger partial charge in [0.1, 0.15) is 24.0 Å². The largest absolute Gasteiger partial charge is 0.492 e. The molecule has 3 heterocycles. The van der Waals surface area contributed by atoms with Crippen LogP contribution >= 0.6 is 34.2 Å². The summed E-state index contributed by atoms with van der Waals surface area (Å²) in [5, 5.41) is 23.1. The number of nitrogens with zero attached hydrogens (tertiary/aromatic N) is 5. The minimum atomic E-state index is -0.875. The minimum absolute atomic E-state index is 0.186. The van der Waals surface area contributed by atoms with Gasteiger partial charge in [0, 0.05) is 41.7 Å². The van der Waals surface area contributed by atoms with Gasteiger partial charge in [-0.15, -0.1) is 0 Å². The number of nitrogens with one attached hydrogen (secondary N) is 1. The topological polar surface area (TPSA) is 105 Å². The number of hydrogen-bond acceptors (Lipinski definition) is 7. The Balaban J connectivity index is 1.39. The summed E-state index contributed by atoms with van der Waals surface area (Å²) in [7, 11) is 1.77. The number of halogens is 3. The van der Waals surface area contributed by atoms with Crippen molar-refractivity contribution in [1.29, 1.82) is 10.5 Å². The average molecular weight is 699 g/mol. The van der Waals surface area contributed by atoms with Crippen molar-refractivity contribution in [2.45, 2.75) is 39.2 Å². The van der Waals surface area contributed by atoms with E-state index in [4.69, 9.17) is 16.3 Å². The van der Waals surface area contributed by atoms with Gasteiger partial charge < -0.3 is 15.0 Å². The van der Waals surface area contributed by atoms with E-state index >= 15 is 4.39 Å². The van der Waals surface area contributed by atoms with E-state index in [0.717, 1.165) is 19.6 Å². The van der Waals surface area contributed by atoms with Crippen molar-refractivity contribution in [2.75, 3.05) is 33.3 Å². The number of aliphatic imine (C=N–C) groups is 1. The van der Waals surface area contributed by atoms with Crippen LogP contribution in [-0.4, -0.2) is 54.8 Å². The summed E-state index contributed by atoms with van der Waals surface area (Å²) in [4.78, 5) is 21.9. The maximum atomic E-state index is 15.9. The lowest BCUT2D eigenvalue weighted by atomic mass is 9.80. The number of allylic oxidation sites excluding steroid dienone is 4. The monoisotopic (exact) mass is 698 g/mol. The summed E-state index contributed by atoms with van der Waals surface area (Å²) in [6.07, 6.45) is 2.43. The van der Waals surface area contributed by atoms with E-state index in [1.165, 1.54) is 12.8 Å². The molecule has 11 heteroatoms. The number of likely N-dealkylation sites (tertiary alicyclic amines) is 1. The van der Waals surface area contributed by atoms with Crippen molar-refractivity contribution in [1.82, 2.24) is 15.1 Å². The van der Waals surface area contributed by atoms with Gasteiger partial charge in [-0.05, 0) is 86.6 Å². The second kappa shape index (κ2) is 12.4. The fraction of sp³-hybridized carbons (Fsp3) is 0.355. The first kappa shape index (κ1) is 30.0. The highest BCUT2D eigenvalue weighted by molar-refractivity contribution is 14.1. The lowest BCUT2D eigenvalue weighted by Gasteiger charge is -2.33. The van der Waals surface area contributed by atoms with Crippen LogP contribution in [0.4, 0.5) is 4.39 Å². The van der Waals surface area contributed by atoms with Gasteiger partial charge >= 0.3 is 0 Å². The maximum Gasteiger partial charge on any atom is 0.258 e. The van der Waals surface area contributed by atoms with Gasteiger partial charge in [0.25, 0.3) is 5.91 Å². The molecule has 1 saturated heterocycles. The maximum absolute atomic E-state index is 15.9. The zero-order chi connectivity index (χ0) is 30.1. The second-order valence-corrected chi connectivity index (χ2v) is 12.0. The van der Waals surface area contributed by atoms with Crippen molar-refractivity contribution < 1.29 is 13.9 Å². The third kappa shape index (κ3) is 5.51. The first-order chi connectivity index (χ1) is 20.2. The fourth-order valence-corrected chi connectivity index (χ4v) is 6.66. The van der Waals surface area contributed by atoms with E-state index in [2.05, 4.69) is 27.3 Å². The van der Waals surface area contributed by atoms with Crippen LogP contribution in [0.3, 0.4) is 0 Å². The standard InChI is InChI=1S/C31H29ClFIN6O2/c1-17-23(14-35)27(24(15-36)18(2)39(17)3)22-13-21-25(29(34)28(22)33)16-37-30(21)38-31(41)20-7-6-19(12-26(20)32)42-11-10-40-8-4-5-9-40/h6-7,12-13,27H,4-5,8-11,16H2,1-3H3,(H,37,38,41). The Morgan fingerprint density at radius 3 is 2.48 bits per heavy atom. The molecular formula is C31H29ClFIN6O2. The number of ether oxygens (including phenoxy) is 1. The number of carbonyl (C=O) groups excluding carboxylic acids is 1. The smallest absolute Gasteiger partial charge is 0.258 e. The molecule has 1 fully saturated rings. The van der Waals surface area contributed by atoms with Gasteiger partial charge in [-0.2, -0.15) is 10.5 Å². The van der Waals surface area contributed by atoms with Crippen LogP contribution in [0.25, 0.3) is 0 Å². The summed E-state index contributed by atoms with van der Waals surface area (Å²) in [5.41, 5.74) is 3.51. The molecule has 0 unspecified atom stereocenters. The van der Waals surface area contributed by atoms with Crippen LogP contribution in [0.5, 0.6) is 5.75 Å². The fourth-order valence-electron chi connectivity index (χ4n) is 5.63. The van der Waals surface area contributed by atoms with Crippen molar-refractivity contribution in [3.05, 3.63) is 83.5 Å². The SMILES string of the molecule is CC1=C(C#N)C(c2cc3c(c(I)c2F)CN=C3NC(=O)c2ccc(OCCN3CCCC3)cc2Cl)C(C#N)=C(C)N1C. The van der Waals surface area contributed by atoms with Crippen molar-refractivity contribution in [2.24, 2.45) is 4.99 Å². The normalized spacial score (nSPS) is 17.2. The van der Waals surface area contributed by atoms with E-state index in [0.29, 0.717) is 49.6 Å². The van der Waals surface area contributed by atoms with Gasteiger partial charge in [0.15, 0.2) is 0 Å². The zero-order valence-electron chi connectivity index (χ0n) is 23.5. The lowest BCUT2D eigenvalue weighted by Crippen LogP contribution is -2.31. The second-order valence-electron chi connectivity index (χ2n) is 10.5. The molecule has 0 spiro atoms. The summed E-state index contributed by atoms with van der Waals surface area (Å²) in [6, 6.07) is 10.9. The molecule has 2 aromatic rings. The van der Waals surface area contributed by atoms with E-state index in [-0.39, 0.29) is 28.5 Å². The molecule has 0 radical (unpaired) electrons. The third-order valence-electron chi connectivity index (χ3n) is 8.19. The van der Waals surface area contributed by atoms with Crippen molar-refractivity contribution >= 4 is 45.9 Å². The predicted octanol–water partition coefficient (Wildman–Crippen LogP) is 5.87. The molecule has 0 atom stereocenters. The Hall–Kier alpha value is -3.45. The van der Waals surface area contributed by atoms with Gasteiger partial charge in [-0.1, -0.05) is 11.6 Å². The number of amidine groups is 1. The Morgan fingerprint density at radius 1 is 1.19 bits per heavy atom. The Bertz CT molecular complexity index is 1610. The number of nitriles is 2. The molecule has 0 aromatic heterocycles. The summed E-state index contributed by atoms with van der Waals surface area (Å²) in [5.74, 6) is -0.976. The zero-order valence-corrected chi connectivity index (χ0v) is 26.4. The van der Waals surface area contributed by atoms with E-state index in [1.54, 1.807) is 50.1 Å². The molecule has 3 aliphatic heterocycles. The van der Waals surface area contributed by atoms with E-state index in [9.17, 15) is 15.3 Å². The summed E-state index contributed by atoms with van der Waals surface area (Å²) < 4.78 is 22.1. The number of amides is 1. The molecule has 2 aromatic carbocycles. The third-order valence-corrected chi connectivity index (χ3v) is 9.63. The molecule has 0 saturated carbocycles. The molecule has 5 rings (SSSR count).